The Bertz CT molecular complexity index is 1360. The molecule has 3 rings (SSSR count). The minimum atomic E-state index is -1.19. The van der Waals surface area contributed by atoms with Crippen molar-refractivity contribution < 1.29 is 29.0 Å². The highest BCUT2D eigenvalue weighted by Crippen LogP contribution is 2.29. The highest BCUT2D eigenvalue weighted by molar-refractivity contribution is 9.10. The number of ether oxygens (including phenoxy) is 2. The smallest absolute Gasteiger partial charge is 0.417 e. The Morgan fingerprint density at radius 1 is 1.08 bits per heavy atom. The molecule has 10 heteroatoms. The summed E-state index contributed by atoms with van der Waals surface area (Å²) < 4.78 is 12.9. The van der Waals surface area contributed by atoms with Gasteiger partial charge in [0.05, 0.1) is 11.5 Å². The Morgan fingerprint density at radius 3 is 2.29 bits per heavy atom. The third-order valence-corrected chi connectivity index (χ3v) is 7.04. The van der Waals surface area contributed by atoms with E-state index in [9.17, 15) is 19.5 Å². The van der Waals surface area contributed by atoms with Crippen LogP contribution in [0.2, 0.25) is 0 Å². The van der Waals surface area contributed by atoms with E-state index in [1.807, 2.05) is 20.8 Å². The topological polar surface area (TPSA) is 111 Å². The van der Waals surface area contributed by atoms with Gasteiger partial charge < -0.3 is 19.5 Å². The van der Waals surface area contributed by atoms with Crippen molar-refractivity contribution in [2.24, 2.45) is 0 Å². The number of benzene rings is 2. The Labute approximate surface area is 230 Å². The van der Waals surface area contributed by atoms with Crippen LogP contribution in [0.3, 0.4) is 0 Å². The lowest BCUT2D eigenvalue weighted by Crippen LogP contribution is -2.37. The molecule has 1 unspecified atom stereocenters. The van der Waals surface area contributed by atoms with Gasteiger partial charge in [0.1, 0.15) is 17.2 Å². The van der Waals surface area contributed by atoms with Crippen LogP contribution >= 0.6 is 15.9 Å². The van der Waals surface area contributed by atoms with E-state index in [4.69, 9.17) is 9.47 Å². The van der Waals surface area contributed by atoms with Gasteiger partial charge in [-0.15, -0.1) is 0 Å². The summed E-state index contributed by atoms with van der Waals surface area (Å²) in [5.41, 5.74) is 3.37. The first-order valence-electron chi connectivity index (χ1n) is 12.0. The summed E-state index contributed by atoms with van der Waals surface area (Å²) in [6.45, 7) is 11.2. The van der Waals surface area contributed by atoms with Crippen LogP contribution in [0.1, 0.15) is 65.1 Å². The fourth-order valence-corrected chi connectivity index (χ4v) is 4.43. The summed E-state index contributed by atoms with van der Waals surface area (Å²) in [7, 11) is 1.58. The highest BCUT2D eigenvalue weighted by Gasteiger charge is 2.28. The van der Waals surface area contributed by atoms with Gasteiger partial charge in [-0.05, 0) is 82.0 Å². The highest BCUT2D eigenvalue weighted by atomic mass is 79.9. The number of carboxylic acid groups (broad SMARTS) is 1. The van der Waals surface area contributed by atoms with Gasteiger partial charge in [-0.3, -0.25) is 0 Å². The van der Waals surface area contributed by atoms with Crippen molar-refractivity contribution >= 4 is 34.1 Å². The summed E-state index contributed by atoms with van der Waals surface area (Å²) in [5.74, 6) is -0.510. The van der Waals surface area contributed by atoms with E-state index in [-0.39, 0.29) is 12.4 Å². The average Bonchev–Trinajstić information content (AvgIpc) is 3.33. The number of likely N-dealkylation sites (N-methyl/N-ethyl adjacent to an activating group) is 1. The SMILES string of the molecule is Cc1c(Br)cc(C(=O)Oc2ccc(C(CN(C)C(=O)OC(C)(C)C)c3nccn3C(=O)O)cc2)c(C)c1C. The van der Waals surface area contributed by atoms with Gasteiger partial charge in [0, 0.05) is 30.5 Å². The molecule has 0 radical (unpaired) electrons. The van der Waals surface area contributed by atoms with Crippen LogP contribution in [0.4, 0.5) is 9.59 Å². The molecule has 0 aliphatic carbocycles. The molecule has 202 valence electrons. The molecule has 0 saturated heterocycles. The van der Waals surface area contributed by atoms with Crippen LogP contribution in [0.15, 0.2) is 47.2 Å². The largest absolute Gasteiger partial charge is 0.464 e. The molecule has 0 aliphatic heterocycles. The van der Waals surface area contributed by atoms with Crippen molar-refractivity contribution in [1.29, 1.82) is 0 Å². The number of rotatable bonds is 6. The molecule has 1 N–H and O–H groups in total. The predicted octanol–water partition coefficient (Wildman–Crippen LogP) is 6.31. The molecule has 0 aliphatic rings. The molecule has 0 bridgehead atoms. The van der Waals surface area contributed by atoms with Crippen LogP contribution in [0, 0.1) is 20.8 Å². The molecule has 1 aromatic heterocycles. The number of hydrogen-bond acceptors (Lipinski definition) is 6. The van der Waals surface area contributed by atoms with Crippen molar-refractivity contribution in [1.82, 2.24) is 14.5 Å². The lowest BCUT2D eigenvalue weighted by molar-refractivity contribution is 0.0292. The number of halogens is 1. The van der Waals surface area contributed by atoms with Gasteiger partial charge in [-0.2, -0.15) is 0 Å². The maximum atomic E-state index is 12.9. The zero-order chi connectivity index (χ0) is 28.4. The molecular formula is C28H32BrN3O6. The zero-order valence-corrected chi connectivity index (χ0v) is 24.1. The third-order valence-electron chi connectivity index (χ3n) is 6.22. The van der Waals surface area contributed by atoms with E-state index < -0.39 is 29.7 Å². The predicted molar refractivity (Wildman–Crippen MR) is 146 cm³/mol. The lowest BCUT2D eigenvalue weighted by Gasteiger charge is -2.27. The maximum absolute atomic E-state index is 12.9. The third kappa shape index (κ3) is 6.61. The number of amides is 1. The summed E-state index contributed by atoms with van der Waals surface area (Å²) in [6.07, 6.45) is 1.00. The molecule has 0 spiro atoms. The number of carbonyl (C=O) groups is 3. The molecular weight excluding hydrogens is 554 g/mol. The number of imidazole rings is 1. The van der Waals surface area contributed by atoms with Crippen LogP contribution in [0.25, 0.3) is 0 Å². The Balaban J connectivity index is 1.89. The average molecular weight is 586 g/mol. The van der Waals surface area contributed by atoms with Crippen LogP contribution in [-0.2, 0) is 4.74 Å². The molecule has 38 heavy (non-hydrogen) atoms. The first-order valence-corrected chi connectivity index (χ1v) is 12.8. The number of nitrogens with zero attached hydrogens (tertiary/aromatic N) is 3. The Kier molecular flexibility index (Phi) is 8.66. The normalized spacial score (nSPS) is 12.1. The van der Waals surface area contributed by atoms with Gasteiger partial charge in [-0.25, -0.2) is 23.9 Å². The minimum absolute atomic E-state index is 0.105. The second kappa shape index (κ2) is 11.4. The van der Waals surface area contributed by atoms with Gasteiger partial charge in [0.2, 0.25) is 0 Å². The summed E-state index contributed by atoms with van der Waals surface area (Å²) in [6, 6.07) is 8.46. The standard InChI is InChI=1S/C28H32BrN3O6/c1-16-17(2)21(14-23(29)18(16)3)25(33)37-20-10-8-19(9-11-20)22(24-30-12-13-32(24)26(34)35)15-31(7)27(36)38-28(4,5)6/h8-14,22H,15H2,1-7H3,(H,34,35). The molecule has 0 saturated carbocycles. The number of hydrogen-bond donors (Lipinski definition) is 1. The van der Waals surface area contributed by atoms with Gasteiger partial charge >= 0.3 is 18.2 Å². The van der Waals surface area contributed by atoms with Crippen molar-refractivity contribution in [3.63, 3.8) is 0 Å². The molecule has 3 aromatic rings. The van der Waals surface area contributed by atoms with E-state index in [1.165, 1.54) is 17.3 Å². The lowest BCUT2D eigenvalue weighted by atomic mass is 9.97. The number of esters is 1. The molecule has 0 fully saturated rings. The van der Waals surface area contributed by atoms with Gasteiger partial charge in [-0.1, -0.05) is 28.1 Å². The second-order valence-corrected chi connectivity index (χ2v) is 10.9. The first kappa shape index (κ1) is 28.9. The maximum Gasteiger partial charge on any atom is 0.417 e. The van der Waals surface area contributed by atoms with Gasteiger partial charge in [0.15, 0.2) is 0 Å². The van der Waals surface area contributed by atoms with Crippen molar-refractivity contribution in [2.75, 3.05) is 13.6 Å². The summed E-state index contributed by atoms with van der Waals surface area (Å²) in [4.78, 5) is 43.0. The van der Waals surface area contributed by atoms with Crippen LogP contribution in [0.5, 0.6) is 5.75 Å². The van der Waals surface area contributed by atoms with Crippen LogP contribution < -0.4 is 4.74 Å². The van der Waals surface area contributed by atoms with Crippen molar-refractivity contribution in [3.05, 3.63) is 80.8 Å². The number of carbonyl (C=O) groups excluding carboxylic acids is 2. The fourth-order valence-electron chi connectivity index (χ4n) is 3.91. The zero-order valence-electron chi connectivity index (χ0n) is 22.5. The van der Waals surface area contributed by atoms with E-state index in [2.05, 4.69) is 20.9 Å². The summed E-state index contributed by atoms with van der Waals surface area (Å²) in [5, 5.41) is 9.63. The van der Waals surface area contributed by atoms with E-state index in [0.29, 0.717) is 16.9 Å². The molecule has 2 aromatic carbocycles. The Hall–Kier alpha value is -3.66. The molecule has 1 amide bonds. The molecule has 1 heterocycles. The summed E-state index contributed by atoms with van der Waals surface area (Å²) >= 11 is 3.50. The fraction of sp³-hybridized carbons (Fsp3) is 0.357. The first-order chi connectivity index (χ1) is 17.7. The van der Waals surface area contributed by atoms with Crippen molar-refractivity contribution in [2.45, 2.75) is 53.1 Å². The molecule has 9 nitrogen and oxygen atoms in total. The molecule has 1 atom stereocenters. The minimum Gasteiger partial charge on any atom is -0.464 e. The van der Waals surface area contributed by atoms with E-state index in [0.717, 1.165) is 25.7 Å². The van der Waals surface area contributed by atoms with Gasteiger partial charge in [0.25, 0.3) is 0 Å². The second-order valence-electron chi connectivity index (χ2n) is 10.1. The monoisotopic (exact) mass is 585 g/mol. The van der Waals surface area contributed by atoms with Crippen molar-refractivity contribution in [3.8, 4) is 5.75 Å². The Morgan fingerprint density at radius 2 is 1.71 bits per heavy atom. The van der Waals surface area contributed by atoms with E-state index >= 15 is 0 Å². The van der Waals surface area contributed by atoms with Crippen LogP contribution in [-0.4, -0.2) is 56.9 Å². The number of aromatic nitrogens is 2. The van der Waals surface area contributed by atoms with E-state index in [1.54, 1.807) is 58.2 Å². The quantitative estimate of drug-likeness (QED) is 0.266.